The predicted molar refractivity (Wildman–Crippen MR) is 23.0 cm³/mol. The Morgan fingerprint density at radius 3 is 0.750 bits per heavy atom. The lowest BCUT2D eigenvalue weighted by Crippen LogP contribution is -0.382. The van der Waals surface area contributed by atoms with Crippen LogP contribution in [0.4, 0.5) is 0 Å². The Morgan fingerprint density at radius 1 is 0.750 bits per heavy atom. The van der Waals surface area contributed by atoms with Crippen molar-refractivity contribution in [2.45, 2.75) is 0 Å². The molecular formula is Al2MgSi. The Labute approximate surface area is 68.2 Å². The molecule has 0 nitrogen and oxygen atoms in total. The molecule has 0 N–H and O–H groups in total. The van der Waals surface area contributed by atoms with Crippen LogP contribution in [0.5, 0.6) is 0 Å². The Hall–Kier alpha value is 2.05. The van der Waals surface area contributed by atoms with Gasteiger partial charge in [0.05, 0.1) is 0 Å². The Kier molecular flexibility index (Phi) is 181. The van der Waals surface area contributed by atoms with Gasteiger partial charge in [-0.1, -0.05) is 0 Å². The fourth-order valence-electron chi connectivity index (χ4n) is 0. The normalized spacial score (nSPS) is 0. The van der Waals surface area contributed by atoms with E-state index < -0.39 is 0 Å². The highest BCUT2D eigenvalue weighted by atomic mass is 28.1. The van der Waals surface area contributed by atoms with Crippen molar-refractivity contribution >= 4 is 68.7 Å². The summed E-state index contributed by atoms with van der Waals surface area (Å²) in [4.78, 5) is 0. The first-order chi connectivity index (χ1) is 0. The quantitative estimate of drug-likeness (QED) is 0.329. The molecule has 4 heteroatoms. The van der Waals surface area contributed by atoms with E-state index in [0.717, 1.165) is 0 Å². The second-order valence-corrected chi connectivity index (χ2v) is 0. The first-order valence-electron chi connectivity index (χ1n) is 0. The van der Waals surface area contributed by atoms with Gasteiger partial charge >= 0.3 is 0 Å². The van der Waals surface area contributed by atoms with E-state index in [4.69, 9.17) is 0 Å². The molecule has 0 rings (SSSR count). The number of hydrogen-bond donors (Lipinski definition) is 0. The van der Waals surface area contributed by atoms with Gasteiger partial charge in [-0.15, -0.1) is 0 Å². The molecule has 12 radical (unpaired) electrons. The largest absolute Gasteiger partial charge is 0 e. The van der Waals surface area contributed by atoms with Crippen molar-refractivity contribution in [1.29, 1.82) is 0 Å². The van der Waals surface area contributed by atoms with E-state index in [9.17, 15) is 0 Å². The summed E-state index contributed by atoms with van der Waals surface area (Å²) in [6.07, 6.45) is 0. The summed E-state index contributed by atoms with van der Waals surface area (Å²) in [5.74, 6) is 0. The molecule has 0 spiro atoms. The SMILES string of the molecule is [Al].[Al].[Mg].[Si]. The van der Waals surface area contributed by atoms with Gasteiger partial charge in [-0.3, -0.25) is 0 Å². The predicted octanol–water partition coefficient (Wildman–Crippen LogP) is -1.52. The molecule has 4 heavy (non-hydrogen) atoms. The summed E-state index contributed by atoms with van der Waals surface area (Å²) < 4.78 is 0. The van der Waals surface area contributed by atoms with Crippen LogP contribution < -0.4 is 0 Å². The van der Waals surface area contributed by atoms with Crippen molar-refractivity contribution in [2.24, 2.45) is 0 Å². The van der Waals surface area contributed by atoms with Gasteiger partial charge in [0.25, 0.3) is 0 Å². The van der Waals surface area contributed by atoms with E-state index in [1.165, 1.54) is 0 Å². The molecule has 0 fully saturated rings. The molecule has 0 heterocycles. The maximum absolute atomic E-state index is 0. The van der Waals surface area contributed by atoms with E-state index in [0.29, 0.717) is 0 Å². The molecule has 0 aliphatic rings. The van der Waals surface area contributed by atoms with Crippen LogP contribution in [0.3, 0.4) is 0 Å². The lowest BCUT2D eigenvalue weighted by atomic mass is 24.3. The van der Waals surface area contributed by atoms with E-state index in [2.05, 4.69) is 0 Å². The topological polar surface area (TPSA) is 0 Å². The van der Waals surface area contributed by atoms with E-state index in [1.54, 1.807) is 0 Å². The average Bonchev–Trinajstić information content (AvgIpc) is 0. The maximum atomic E-state index is 0. The van der Waals surface area contributed by atoms with E-state index >= 15 is 0 Å². The molecule has 0 saturated carbocycles. The zero-order chi connectivity index (χ0) is 0. The molecule has 0 aliphatic heterocycles. The van der Waals surface area contributed by atoms with Crippen LogP contribution in [-0.2, 0) is 0 Å². The molecule has 0 unspecified atom stereocenters. The Balaban J connectivity index is 0. The molecule has 0 aromatic carbocycles. The van der Waals surface area contributed by atoms with Gasteiger partial charge in [0, 0.05) is 68.7 Å². The van der Waals surface area contributed by atoms with Crippen molar-refractivity contribution < 1.29 is 0 Å². The molecule has 0 bridgehead atoms. The third kappa shape index (κ3) is 8.97. The van der Waals surface area contributed by atoms with Crippen molar-refractivity contribution in [1.82, 2.24) is 0 Å². The second kappa shape index (κ2) is 19.7. The lowest BCUT2D eigenvalue weighted by molar-refractivity contribution is 5.75. The lowest BCUT2D eigenvalue weighted by Gasteiger charge is -0.00100. The summed E-state index contributed by atoms with van der Waals surface area (Å²) in [6.45, 7) is 0. The minimum atomic E-state index is 0. The van der Waals surface area contributed by atoms with Crippen LogP contribution in [0.1, 0.15) is 0 Å². The van der Waals surface area contributed by atoms with E-state index in [1.807, 2.05) is 0 Å². The van der Waals surface area contributed by atoms with E-state index in [-0.39, 0.29) is 68.7 Å². The molecule has 0 aliphatic carbocycles. The summed E-state index contributed by atoms with van der Waals surface area (Å²) in [5.41, 5.74) is 0. The van der Waals surface area contributed by atoms with Crippen molar-refractivity contribution in [3.05, 3.63) is 0 Å². The Bertz CT molecular complexity index is 6.00. The standard InChI is InChI=1S/2Al.Mg.Si. The van der Waals surface area contributed by atoms with Gasteiger partial charge in [-0.2, -0.15) is 0 Å². The molecule has 0 saturated heterocycles. The molecule has 0 amide bonds. The monoisotopic (exact) mass is 106 g/mol. The Morgan fingerprint density at radius 2 is 0.750 bits per heavy atom. The summed E-state index contributed by atoms with van der Waals surface area (Å²) in [7, 11) is 0. The van der Waals surface area contributed by atoms with Crippen molar-refractivity contribution in [3.63, 3.8) is 0 Å². The van der Waals surface area contributed by atoms with Gasteiger partial charge in [0.1, 0.15) is 0 Å². The smallest absolute Gasteiger partial charge is 0 e. The van der Waals surface area contributed by atoms with Crippen LogP contribution in [0.15, 0.2) is 0 Å². The zero-order valence-corrected chi connectivity index (χ0v) is 7.09. The minimum Gasteiger partial charge on any atom is 0 e. The third-order valence-electron chi connectivity index (χ3n) is 0. The van der Waals surface area contributed by atoms with Gasteiger partial charge in [-0.25, -0.2) is 0 Å². The number of hydrogen-bond acceptors (Lipinski definition) is 0. The number of rotatable bonds is 0. The fourth-order valence-corrected chi connectivity index (χ4v) is 0. The van der Waals surface area contributed by atoms with Gasteiger partial charge in [-0.05, 0) is 0 Å². The van der Waals surface area contributed by atoms with Crippen LogP contribution >= 0.6 is 0 Å². The summed E-state index contributed by atoms with van der Waals surface area (Å²) >= 11 is 0. The van der Waals surface area contributed by atoms with Crippen molar-refractivity contribution in [2.75, 3.05) is 0 Å². The average molecular weight is 106 g/mol. The van der Waals surface area contributed by atoms with Crippen LogP contribution in [0.2, 0.25) is 0 Å². The molecular weight excluding hydrogens is 106 g/mol. The van der Waals surface area contributed by atoms with Crippen molar-refractivity contribution in [3.8, 4) is 0 Å². The second-order valence-electron chi connectivity index (χ2n) is 0. The molecule has 0 atom stereocenters. The molecule has 0 aromatic heterocycles. The first-order valence-corrected chi connectivity index (χ1v) is 0. The highest BCUT2D eigenvalue weighted by Gasteiger charge is 0.00300. The summed E-state index contributed by atoms with van der Waals surface area (Å²) in [5, 5.41) is 0. The maximum Gasteiger partial charge on any atom is 0 e. The third-order valence-corrected chi connectivity index (χ3v) is 0. The highest BCUT2D eigenvalue weighted by Crippen LogP contribution is -0.378. The molecule has 0 aromatic rings. The van der Waals surface area contributed by atoms with Crippen LogP contribution in [0, 0.1) is 0 Å². The first kappa shape index (κ1) is 36.7. The van der Waals surface area contributed by atoms with Crippen LogP contribution in [0.25, 0.3) is 0 Å². The van der Waals surface area contributed by atoms with Gasteiger partial charge in [0.2, 0.25) is 0 Å². The van der Waals surface area contributed by atoms with Gasteiger partial charge < -0.3 is 0 Å². The summed E-state index contributed by atoms with van der Waals surface area (Å²) in [6, 6.07) is 0. The zero-order valence-electron chi connectivity index (χ0n) is 2.36. The minimum absolute atomic E-state index is 0. The molecule has 12 valence electrons. The van der Waals surface area contributed by atoms with Gasteiger partial charge in [0.15, 0.2) is 0 Å². The van der Waals surface area contributed by atoms with Crippen LogP contribution in [-0.4, -0.2) is 68.7 Å². The highest BCUT2D eigenvalue weighted by molar-refractivity contribution is 5.76. The fraction of sp³-hybridized carbons (Fsp3) is 0.